The summed E-state index contributed by atoms with van der Waals surface area (Å²) in [5, 5.41) is 2.81. The third kappa shape index (κ3) is 8.79. The fraction of sp³-hybridized carbons (Fsp3) is 0.316. The van der Waals surface area contributed by atoms with Gasteiger partial charge in [0.1, 0.15) is 6.61 Å². The molecular formula is C19H22ClF3N2O2. The monoisotopic (exact) mass is 402 g/mol. The minimum absolute atomic E-state index is 0. The number of alkyl halides is 3. The number of nitrogens with one attached hydrogen (secondary N) is 1. The van der Waals surface area contributed by atoms with Gasteiger partial charge in [-0.2, -0.15) is 13.2 Å². The molecule has 0 aliphatic carbocycles. The van der Waals surface area contributed by atoms with E-state index in [0.717, 1.165) is 11.1 Å². The van der Waals surface area contributed by atoms with Crippen molar-refractivity contribution in [3.05, 3.63) is 65.2 Å². The molecule has 0 aliphatic heterocycles. The van der Waals surface area contributed by atoms with Crippen LogP contribution in [-0.4, -0.2) is 18.7 Å². The number of anilines is 1. The van der Waals surface area contributed by atoms with Crippen molar-refractivity contribution in [2.75, 3.05) is 12.3 Å². The summed E-state index contributed by atoms with van der Waals surface area (Å²) in [6, 6.07) is 14.3. The van der Waals surface area contributed by atoms with E-state index in [0.29, 0.717) is 30.6 Å². The van der Waals surface area contributed by atoms with Gasteiger partial charge in [0.05, 0.1) is 6.61 Å². The van der Waals surface area contributed by atoms with Crippen molar-refractivity contribution in [2.24, 2.45) is 0 Å². The molecule has 2 rings (SSSR count). The van der Waals surface area contributed by atoms with Crippen LogP contribution >= 0.6 is 12.4 Å². The second-order valence-electron chi connectivity index (χ2n) is 5.90. The van der Waals surface area contributed by atoms with Gasteiger partial charge in [-0.15, -0.1) is 12.4 Å². The van der Waals surface area contributed by atoms with Crippen molar-refractivity contribution in [1.29, 1.82) is 0 Å². The van der Waals surface area contributed by atoms with Crippen LogP contribution in [0.5, 0.6) is 0 Å². The topological polar surface area (TPSA) is 64.4 Å². The minimum atomic E-state index is -4.32. The number of hydrogen-bond donors (Lipinski definition) is 2. The van der Waals surface area contributed by atoms with Gasteiger partial charge in [0, 0.05) is 18.7 Å². The summed E-state index contributed by atoms with van der Waals surface area (Å²) in [7, 11) is 0. The summed E-state index contributed by atoms with van der Waals surface area (Å²) in [6.45, 7) is -1.02. The maximum Gasteiger partial charge on any atom is 0.411 e. The Bertz CT molecular complexity index is 722. The summed E-state index contributed by atoms with van der Waals surface area (Å²) < 4.78 is 40.7. The van der Waals surface area contributed by atoms with Gasteiger partial charge in [-0.1, -0.05) is 42.5 Å². The smallest absolute Gasteiger partial charge is 0.399 e. The molecule has 0 aliphatic rings. The van der Waals surface area contributed by atoms with Crippen molar-refractivity contribution in [3.8, 4) is 0 Å². The quantitative estimate of drug-likeness (QED) is 0.655. The van der Waals surface area contributed by atoms with Crippen LogP contribution in [0, 0.1) is 0 Å². The van der Waals surface area contributed by atoms with E-state index in [4.69, 9.17) is 5.73 Å². The molecule has 0 heterocycles. The molecule has 0 saturated heterocycles. The van der Waals surface area contributed by atoms with E-state index in [1.165, 1.54) is 0 Å². The van der Waals surface area contributed by atoms with E-state index in [2.05, 4.69) is 10.1 Å². The molecule has 2 aromatic rings. The molecule has 0 fully saturated rings. The molecule has 148 valence electrons. The van der Waals surface area contributed by atoms with E-state index >= 15 is 0 Å². The number of benzene rings is 2. The molecule has 27 heavy (non-hydrogen) atoms. The third-order valence-electron chi connectivity index (χ3n) is 3.72. The number of nitrogen functional groups attached to an aromatic ring is 1. The summed E-state index contributed by atoms with van der Waals surface area (Å²) in [5.74, 6) is -0.0918. The van der Waals surface area contributed by atoms with E-state index < -0.39 is 12.8 Å². The van der Waals surface area contributed by atoms with Crippen LogP contribution < -0.4 is 11.1 Å². The SMILES string of the molecule is Cl.Nc1ccccc1CCC(=O)NCc1ccc(COCC(F)(F)F)cc1. The third-order valence-corrected chi connectivity index (χ3v) is 3.72. The Labute approximate surface area is 162 Å². The predicted octanol–water partition coefficient (Wildman–Crippen LogP) is 4.02. The van der Waals surface area contributed by atoms with Crippen LogP contribution in [0.4, 0.5) is 18.9 Å². The van der Waals surface area contributed by atoms with Gasteiger partial charge in [0.15, 0.2) is 0 Å². The number of rotatable bonds is 8. The summed E-state index contributed by atoms with van der Waals surface area (Å²) in [5.41, 5.74) is 8.95. The van der Waals surface area contributed by atoms with Crippen molar-refractivity contribution in [3.63, 3.8) is 0 Å². The number of ether oxygens (including phenoxy) is 1. The Kier molecular flexibility index (Phi) is 9.11. The van der Waals surface area contributed by atoms with Gasteiger partial charge < -0.3 is 15.8 Å². The van der Waals surface area contributed by atoms with Crippen LogP contribution in [0.2, 0.25) is 0 Å². The van der Waals surface area contributed by atoms with Crippen molar-refractivity contribution >= 4 is 24.0 Å². The summed E-state index contributed by atoms with van der Waals surface area (Å²) in [4.78, 5) is 11.9. The average Bonchev–Trinajstić information content (AvgIpc) is 2.59. The maximum atomic E-state index is 12.0. The van der Waals surface area contributed by atoms with Crippen LogP contribution in [0.3, 0.4) is 0 Å². The normalized spacial score (nSPS) is 10.9. The van der Waals surface area contributed by atoms with E-state index in [-0.39, 0.29) is 24.9 Å². The van der Waals surface area contributed by atoms with Gasteiger partial charge >= 0.3 is 6.18 Å². The van der Waals surface area contributed by atoms with E-state index in [9.17, 15) is 18.0 Å². The van der Waals surface area contributed by atoms with Crippen molar-refractivity contribution in [1.82, 2.24) is 5.32 Å². The molecule has 0 aromatic heterocycles. The molecule has 0 bridgehead atoms. The molecule has 0 radical (unpaired) electrons. The highest BCUT2D eigenvalue weighted by molar-refractivity contribution is 5.85. The predicted molar refractivity (Wildman–Crippen MR) is 100 cm³/mol. The lowest BCUT2D eigenvalue weighted by atomic mass is 10.1. The number of halogens is 4. The Hall–Kier alpha value is -2.25. The first-order valence-electron chi connectivity index (χ1n) is 8.16. The summed E-state index contributed by atoms with van der Waals surface area (Å²) in [6.07, 6.45) is -3.43. The Morgan fingerprint density at radius 1 is 1.04 bits per heavy atom. The molecule has 0 atom stereocenters. The Morgan fingerprint density at radius 2 is 1.67 bits per heavy atom. The van der Waals surface area contributed by atoms with Gasteiger partial charge in [-0.25, -0.2) is 0 Å². The summed E-state index contributed by atoms with van der Waals surface area (Å²) >= 11 is 0. The average molecular weight is 403 g/mol. The van der Waals surface area contributed by atoms with Crippen LogP contribution in [-0.2, 0) is 29.1 Å². The maximum absolute atomic E-state index is 12.0. The van der Waals surface area contributed by atoms with Gasteiger partial charge in [0.2, 0.25) is 5.91 Å². The zero-order chi connectivity index (χ0) is 19.0. The van der Waals surface area contributed by atoms with Gasteiger partial charge in [-0.05, 0) is 29.2 Å². The van der Waals surface area contributed by atoms with Gasteiger partial charge in [-0.3, -0.25) is 4.79 Å². The fourth-order valence-corrected chi connectivity index (χ4v) is 2.34. The molecule has 1 amide bonds. The highest BCUT2D eigenvalue weighted by Crippen LogP contribution is 2.16. The number of amides is 1. The number of carbonyl (C=O) groups is 1. The highest BCUT2D eigenvalue weighted by atomic mass is 35.5. The molecule has 2 aromatic carbocycles. The van der Waals surface area contributed by atoms with Crippen LogP contribution in [0.25, 0.3) is 0 Å². The molecule has 0 unspecified atom stereocenters. The number of aryl methyl sites for hydroxylation is 1. The van der Waals surface area contributed by atoms with Crippen LogP contribution in [0.1, 0.15) is 23.1 Å². The second kappa shape index (κ2) is 10.8. The first kappa shape index (κ1) is 22.8. The zero-order valence-corrected chi connectivity index (χ0v) is 15.4. The number of carbonyl (C=O) groups excluding carboxylic acids is 1. The molecule has 0 spiro atoms. The number of hydrogen-bond acceptors (Lipinski definition) is 3. The lowest BCUT2D eigenvalue weighted by molar-refractivity contribution is -0.176. The molecule has 4 nitrogen and oxygen atoms in total. The Morgan fingerprint density at radius 3 is 2.30 bits per heavy atom. The lowest BCUT2D eigenvalue weighted by Crippen LogP contribution is -2.23. The van der Waals surface area contributed by atoms with E-state index in [1.807, 2.05) is 18.2 Å². The molecule has 0 saturated carbocycles. The standard InChI is InChI=1S/C19H21F3N2O2.ClH/c20-19(21,22)13-26-12-15-7-5-14(6-8-15)11-24-18(25)10-9-16-3-1-2-4-17(16)23;/h1-8H,9-13,23H2,(H,24,25);1H. The largest absolute Gasteiger partial charge is 0.411 e. The fourth-order valence-electron chi connectivity index (χ4n) is 2.34. The molecule has 3 N–H and O–H groups in total. The van der Waals surface area contributed by atoms with Crippen molar-refractivity contribution in [2.45, 2.75) is 32.2 Å². The van der Waals surface area contributed by atoms with Crippen LogP contribution in [0.15, 0.2) is 48.5 Å². The minimum Gasteiger partial charge on any atom is -0.399 e. The first-order valence-corrected chi connectivity index (χ1v) is 8.16. The number of nitrogens with two attached hydrogens (primary N) is 1. The van der Waals surface area contributed by atoms with Gasteiger partial charge in [0.25, 0.3) is 0 Å². The molecule has 8 heteroatoms. The second-order valence-corrected chi connectivity index (χ2v) is 5.90. The Balaban J connectivity index is 0.00000364. The first-order chi connectivity index (χ1) is 12.3. The highest BCUT2D eigenvalue weighted by Gasteiger charge is 2.27. The number of para-hydroxylation sites is 1. The molecular weight excluding hydrogens is 381 g/mol. The zero-order valence-electron chi connectivity index (χ0n) is 14.6. The van der Waals surface area contributed by atoms with E-state index in [1.54, 1.807) is 30.3 Å². The van der Waals surface area contributed by atoms with Crippen molar-refractivity contribution < 1.29 is 22.7 Å². The lowest BCUT2D eigenvalue weighted by Gasteiger charge is -2.09.